The molecule has 0 aliphatic heterocycles. The summed E-state index contributed by atoms with van der Waals surface area (Å²) in [7, 11) is 1.66. The Bertz CT molecular complexity index is 584. The minimum atomic E-state index is 0.490. The Labute approximate surface area is 118 Å². The number of benzene rings is 1. The molecule has 1 aromatic carbocycles. The van der Waals surface area contributed by atoms with Gasteiger partial charge in [-0.25, -0.2) is 9.97 Å². The second-order valence-electron chi connectivity index (χ2n) is 4.42. The molecule has 0 aliphatic carbocycles. The van der Waals surface area contributed by atoms with Crippen molar-refractivity contribution in [1.29, 1.82) is 0 Å². The summed E-state index contributed by atoms with van der Waals surface area (Å²) in [6.45, 7) is 4.13. The molecule has 0 atom stereocenters. The third-order valence-corrected chi connectivity index (χ3v) is 3.12. The minimum Gasteiger partial charge on any atom is -0.497 e. The summed E-state index contributed by atoms with van der Waals surface area (Å²) in [4.78, 5) is 8.82. The zero-order valence-electron chi connectivity index (χ0n) is 11.4. The number of ether oxygens (including phenoxy) is 1. The predicted molar refractivity (Wildman–Crippen MR) is 77.8 cm³/mol. The van der Waals surface area contributed by atoms with Gasteiger partial charge in [0.2, 0.25) is 0 Å². The van der Waals surface area contributed by atoms with Crippen LogP contribution in [0.3, 0.4) is 0 Å². The summed E-state index contributed by atoms with van der Waals surface area (Å²) in [6.07, 6.45) is 1.84. The van der Waals surface area contributed by atoms with Crippen molar-refractivity contribution >= 4 is 11.6 Å². The van der Waals surface area contributed by atoms with Crippen LogP contribution in [0.1, 0.15) is 24.7 Å². The number of aryl methyl sites for hydroxylation is 2. The average molecular weight is 277 g/mol. The Morgan fingerprint density at radius 3 is 2.63 bits per heavy atom. The maximum Gasteiger partial charge on any atom is 0.133 e. The van der Waals surface area contributed by atoms with Crippen molar-refractivity contribution in [2.45, 2.75) is 26.7 Å². The van der Waals surface area contributed by atoms with Crippen LogP contribution in [0, 0.1) is 6.92 Å². The molecule has 0 aliphatic rings. The van der Waals surface area contributed by atoms with E-state index in [1.165, 1.54) is 0 Å². The highest BCUT2D eigenvalue weighted by Crippen LogP contribution is 2.27. The summed E-state index contributed by atoms with van der Waals surface area (Å²) in [5, 5.41) is 0.490. The zero-order valence-corrected chi connectivity index (χ0v) is 12.2. The Balaban J connectivity index is 2.46. The van der Waals surface area contributed by atoms with E-state index in [1.807, 2.05) is 25.1 Å². The molecular weight excluding hydrogens is 260 g/mol. The lowest BCUT2D eigenvalue weighted by atomic mass is 10.1. The number of nitrogens with zero attached hydrogens (tertiary/aromatic N) is 2. The number of rotatable bonds is 4. The fourth-order valence-electron chi connectivity index (χ4n) is 1.99. The van der Waals surface area contributed by atoms with Crippen LogP contribution in [0.2, 0.25) is 5.15 Å². The van der Waals surface area contributed by atoms with Crippen LogP contribution >= 0.6 is 11.6 Å². The van der Waals surface area contributed by atoms with Gasteiger partial charge < -0.3 is 4.74 Å². The van der Waals surface area contributed by atoms with Crippen molar-refractivity contribution in [3.8, 4) is 17.0 Å². The normalized spacial score (nSPS) is 10.5. The van der Waals surface area contributed by atoms with Gasteiger partial charge in [0.15, 0.2) is 0 Å². The fourth-order valence-corrected chi connectivity index (χ4v) is 2.19. The van der Waals surface area contributed by atoms with Crippen molar-refractivity contribution in [2.24, 2.45) is 0 Å². The molecule has 1 heterocycles. The molecule has 0 unspecified atom stereocenters. The molecule has 0 saturated carbocycles. The molecule has 0 N–H and O–H groups in total. The van der Waals surface area contributed by atoms with Crippen molar-refractivity contribution in [3.05, 3.63) is 40.8 Å². The first-order valence-electron chi connectivity index (χ1n) is 6.32. The highest BCUT2D eigenvalue weighted by molar-refractivity contribution is 6.29. The quantitative estimate of drug-likeness (QED) is 0.790. The van der Waals surface area contributed by atoms with E-state index in [2.05, 4.69) is 16.9 Å². The summed E-state index contributed by atoms with van der Waals surface area (Å²) < 4.78 is 5.21. The third kappa shape index (κ3) is 3.24. The summed E-state index contributed by atoms with van der Waals surface area (Å²) >= 11 is 6.07. The maximum atomic E-state index is 6.07. The Kier molecular flexibility index (Phi) is 4.38. The molecule has 3 nitrogen and oxygen atoms in total. The van der Waals surface area contributed by atoms with E-state index in [0.717, 1.165) is 41.2 Å². The van der Waals surface area contributed by atoms with Crippen LogP contribution in [0.4, 0.5) is 0 Å². The minimum absolute atomic E-state index is 0.490. The van der Waals surface area contributed by atoms with Crippen LogP contribution in [0.5, 0.6) is 5.75 Å². The zero-order chi connectivity index (χ0) is 13.8. The molecule has 0 amide bonds. The van der Waals surface area contributed by atoms with Crippen molar-refractivity contribution < 1.29 is 4.74 Å². The Morgan fingerprint density at radius 1 is 1.21 bits per heavy atom. The van der Waals surface area contributed by atoms with Gasteiger partial charge in [0.05, 0.1) is 12.8 Å². The molecule has 0 fully saturated rings. The van der Waals surface area contributed by atoms with Gasteiger partial charge in [0.1, 0.15) is 16.7 Å². The predicted octanol–water partition coefficient (Wildman–Crippen LogP) is 4.07. The van der Waals surface area contributed by atoms with Crippen molar-refractivity contribution in [2.75, 3.05) is 7.11 Å². The van der Waals surface area contributed by atoms with Crippen LogP contribution in [-0.2, 0) is 6.42 Å². The molecule has 4 heteroatoms. The Hall–Kier alpha value is -1.61. The lowest BCUT2D eigenvalue weighted by Gasteiger charge is -2.09. The molecular formula is C15H17ClN2O. The molecule has 2 rings (SSSR count). The van der Waals surface area contributed by atoms with Gasteiger partial charge in [0.25, 0.3) is 0 Å². The topological polar surface area (TPSA) is 35.0 Å². The number of hydrogen-bond acceptors (Lipinski definition) is 3. The first kappa shape index (κ1) is 13.8. The molecule has 0 spiro atoms. The van der Waals surface area contributed by atoms with Crippen molar-refractivity contribution in [1.82, 2.24) is 9.97 Å². The highest BCUT2D eigenvalue weighted by Gasteiger charge is 2.08. The van der Waals surface area contributed by atoms with E-state index in [4.69, 9.17) is 16.3 Å². The monoisotopic (exact) mass is 276 g/mol. The first-order valence-corrected chi connectivity index (χ1v) is 6.70. The molecule has 2 aromatic rings. The Morgan fingerprint density at radius 2 is 2.00 bits per heavy atom. The third-order valence-electron chi connectivity index (χ3n) is 2.92. The van der Waals surface area contributed by atoms with Gasteiger partial charge in [-0.05, 0) is 37.1 Å². The van der Waals surface area contributed by atoms with Gasteiger partial charge in [-0.3, -0.25) is 0 Å². The number of aromatic nitrogens is 2. The van der Waals surface area contributed by atoms with E-state index in [0.29, 0.717) is 5.15 Å². The SMILES string of the molecule is CCCc1nc(Cl)cc(-c2ccc(OC)cc2C)n1. The first-order chi connectivity index (χ1) is 9.13. The molecule has 19 heavy (non-hydrogen) atoms. The second-order valence-corrected chi connectivity index (χ2v) is 4.81. The summed E-state index contributed by atoms with van der Waals surface area (Å²) in [6, 6.07) is 7.72. The molecule has 0 radical (unpaired) electrons. The van der Waals surface area contributed by atoms with Gasteiger partial charge in [-0.1, -0.05) is 18.5 Å². The largest absolute Gasteiger partial charge is 0.497 e. The molecule has 0 bridgehead atoms. The number of halogens is 1. The molecule has 1 aromatic heterocycles. The lowest BCUT2D eigenvalue weighted by molar-refractivity contribution is 0.414. The van der Waals surface area contributed by atoms with Crippen LogP contribution < -0.4 is 4.74 Å². The van der Waals surface area contributed by atoms with Crippen LogP contribution in [-0.4, -0.2) is 17.1 Å². The molecule has 0 saturated heterocycles. The number of methoxy groups -OCH3 is 1. The summed E-state index contributed by atoms with van der Waals surface area (Å²) in [5.41, 5.74) is 3.03. The van der Waals surface area contributed by atoms with Crippen LogP contribution in [0.15, 0.2) is 24.3 Å². The standard InChI is InChI=1S/C15H17ClN2O/c1-4-5-15-17-13(9-14(16)18-15)12-7-6-11(19-3)8-10(12)2/h6-9H,4-5H2,1-3H3. The van der Waals surface area contributed by atoms with E-state index in [-0.39, 0.29) is 0 Å². The maximum absolute atomic E-state index is 6.07. The smallest absolute Gasteiger partial charge is 0.133 e. The van der Waals surface area contributed by atoms with Gasteiger partial charge in [-0.2, -0.15) is 0 Å². The average Bonchev–Trinajstić information content (AvgIpc) is 2.38. The van der Waals surface area contributed by atoms with E-state index in [1.54, 1.807) is 13.2 Å². The summed E-state index contributed by atoms with van der Waals surface area (Å²) in [5.74, 6) is 1.63. The van der Waals surface area contributed by atoms with Crippen LogP contribution in [0.25, 0.3) is 11.3 Å². The van der Waals surface area contributed by atoms with Gasteiger partial charge in [-0.15, -0.1) is 0 Å². The van der Waals surface area contributed by atoms with E-state index < -0.39 is 0 Å². The highest BCUT2D eigenvalue weighted by atomic mass is 35.5. The lowest BCUT2D eigenvalue weighted by Crippen LogP contribution is -1.98. The number of hydrogen-bond donors (Lipinski definition) is 0. The van der Waals surface area contributed by atoms with E-state index in [9.17, 15) is 0 Å². The van der Waals surface area contributed by atoms with Crippen molar-refractivity contribution in [3.63, 3.8) is 0 Å². The van der Waals surface area contributed by atoms with Gasteiger partial charge >= 0.3 is 0 Å². The van der Waals surface area contributed by atoms with E-state index >= 15 is 0 Å². The molecule has 100 valence electrons. The second kappa shape index (κ2) is 6.02. The fraction of sp³-hybridized carbons (Fsp3) is 0.333. The van der Waals surface area contributed by atoms with Gasteiger partial charge in [0, 0.05) is 18.1 Å².